The number of hydrogen-bond donors (Lipinski definition) is 1. The van der Waals surface area contributed by atoms with Gasteiger partial charge in [0.25, 0.3) is 0 Å². The highest BCUT2D eigenvalue weighted by atomic mass is 32.2. The highest BCUT2D eigenvalue weighted by Crippen LogP contribution is 2.19. The van der Waals surface area contributed by atoms with E-state index in [0.29, 0.717) is 0 Å². The number of nitrogens with zero attached hydrogens (tertiary/aromatic N) is 1. The van der Waals surface area contributed by atoms with E-state index in [2.05, 4.69) is 60.1 Å². The molecule has 1 aliphatic heterocycles. The molecule has 0 aromatic heterocycles. The summed E-state index contributed by atoms with van der Waals surface area (Å²) >= 11 is 2.10. The fourth-order valence-corrected chi connectivity index (χ4v) is 3.62. The summed E-state index contributed by atoms with van der Waals surface area (Å²) in [6.45, 7) is 10.2. The summed E-state index contributed by atoms with van der Waals surface area (Å²) in [4.78, 5) is 2.58. The lowest BCUT2D eigenvalue weighted by atomic mass is 10.1. The van der Waals surface area contributed by atoms with E-state index in [1.807, 2.05) is 0 Å². The average Bonchev–Trinajstić information content (AvgIpc) is 2.39. The van der Waals surface area contributed by atoms with Crippen molar-refractivity contribution in [3.63, 3.8) is 0 Å². The molecule has 1 aliphatic rings. The highest BCUT2D eigenvalue weighted by Gasteiger charge is 2.16. The summed E-state index contributed by atoms with van der Waals surface area (Å²) in [5, 5.41) is 4.25. The molecule has 1 N–H and O–H groups in total. The number of hydrogen-bond acceptors (Lipinski definition) is 3. The molecule has 0 bridgehead atoms. The zero-order chi connectivity index (χ0) is 13.5. The van der Waals surface area contributed by atoms with Gasteiger partial charge in [0.2, 0.25) is 0 Å². The zero-order valence-corrected chi connectivity index (χ0v) is 13.0. The molecule has 0 radical (unpaired) electrons. The van der Waals surface area contributed by atoms with Crippen molar-refractivity contribution in [2.24, 2.45) is 0 Å². The van der Waals surface area contributed by atoms with Gasteiger partial charge < -0.3 is 5.32 Å². The van der Waals surface area contributed by atoms with Gasteiger partial charge in [0.15, 0.2) is 0 Å². The number of benzene rings is 1. The fraction of sp³-hybridized carbons (Fsp3) is 0.625. The third-order valence-electron chi connectivity index (χ3n) is 3.48. The van der Waals surface area contributed by atoms with Crippen LogP contribution in [0.25, 0.3) is 0 Å². The van der Waals surface area contributed by atoms with Gasteiger partial charge in [-0.1, -0.05) is 38.1 Å². The van der Waals surface area contributed by atoms with Crippen LogP contribution in [0.4, 0.5) is 0 Å². The van der Waals surface area contributed by atoms with E-state index in [0.717, 1.165) is 24.9 Å². The minimum Gasteiger partial charge on any atom is -0.313 e. The Kier molecular flexibility index (Phi) is 6.21. The van der Waals surface area contributed by atoms with E-state index in [9.17, 15) is 0 Å². The molecule has 1 atom stereocenters. The molecule has 2 nitrogen and oxygen atoms in total. The quantitative estimate of drug-likeness (QED) is 0.805. The Balaban J connectivity index is 1.87. The lowest BCUT2D eigenvalue weighted by Crippen LogP contribution is -2.36. The smallest absolute Gasteiger partial charge is 0.0234 e. The molecule has 1 saturated heterocycles. The first-order valence-electron chi connectivity index (χ1n) is 7.40. The van der Waals surface area contributed by atoms with Gasteiger partial charge in [0, 0.05) is 37.2 Å². The summed E-state index contributed by atoms with van der Waals surface area (Å²) in [6, 6.07) is 9.03. The number of rotatable bonds is 6. The Morgan fingerprint density at radius 1 is 1.37 bits per heavy atom. The van der Waals surface area contributed by atoms with Crippen LogP contribution in [0, 0.1) is 0 Å². The molecule has 0 spiro atoms. The van der Waals surface area contributed by atoms with E-state index in [1.165, 1.54) is 36.4 Å². The van der Waals surface area contributed by atoms with E-state index in [4.69, 9.17) is 0 Å². The average molecular weight is 278 g/mol. The third-order valence-corrected chi connectivity index (χ3v) is 4.62. The molecule has 0 saturated carbocycles. The maximum Gasteiger partial charge on any atom is 0.0234 e. The van der Waals surface area contributed by atoms with Crippen molar-refractivity contribution in [3.8, 4) is 0 Å². The minimum absolute atomic E-state index is 0.781. The second-order valence-electron chi connectivity index (χ2n) is 5.41. The molecular formula is C16H26N2S. The fourth-order valence-electron chi connectivity index (χ4n) is 2.54. The van der Waals surface area contributed by atoms with Gasteiger partial charge in [0.1, 0.15) is 0 Å². The van der Waals surface area contributed by atoms with Crippen molar-refractivity contribution >= 4 is 11.8 Å². The monoisotopic (exact) mass is 278 g/mol. The molecule has 2 rings (SSSR count). The summed E-state index contributed by atoms with van der Waals surface area (Å²) in [6.07, 6.45) is 1.20. The van der Waals surface area contributed by atoms with Crippen LogP contribution in [-0.2, 0) is 13.1 Å². The molecule has 106 valence electrons. The van der Waals surface area contributed by atoms with Crippen molar-refractivity contribution in [1.82, 2.24) is 10.2 Å². The molecule has 1 fully saturated rings. The van der Waals surface area contributed by atoms with Gasteiger partial charge in [-0.2, -0.15) is 11.8 Å². The maximum atomic E-state index is 3.47. The van der Waals surface area contributed by atoms with Crippen LogP contribution in [-0.4, -0.2) is 35.5 Å². The first-order chi connectivity index (χ1) is 9.28. The molecule has 1 aromatic rings. The topological polar surface area (TPSA) is 15.3 Å². The van der Waals surface area contributed by atoms with E-state index in [-0.39, 0.29) is 0 Å². The van der Waals surface area contributed by atoms with E-state index < -0.39 is 0 Å². The number of nitrogens with one attached hydrogen (secondary N) is 1. The highest BCUT2D eigenvalue weighted by molar-refractivity contribution is 7.99. The Hall–Kier alpha value is -0.510. The van der Waals surface area contributed by atoms with Gasteiger partial charge in [-0.15, -0.1) is 0 Å². The lowest BCUT2D eigenvalue weighted by Gasteiger charge is -2.30. The van der Waals surface area contributed by atoms with Crippen LogP contribution in [0.2, 0.25) is 0 Å². The molecule has 19 heavy (non-hydrogen) atoms. The Bertz CT molecular complexity index is 381. The first kappa shape index (κ1) is 14.9. The molecule has 1 aromatic carbocycles. The summed E-state index contributed by atoms with van der Waals surface area (Å²) < 4.78 is 0. The summed E-state index contributed by atoms with van der Waals surface area (Å²) in [5.74, 6) is 1.28. The predicted octanol–water partition coefficient (Wildman–Crippen LogP) is 3.12. The first-order valence-corrected chi connectivity index (χ1v) is 8.45. The number of thioether (sulfide) groups is 1. The van der Waals surface area contributed by atoms with Crippen LogP contribution in [0.3, 0.4) is 0 Å². The van der Waals surface area contributed by atoms with Crippen LogP contribution < -0.4 is 5.32 Å². The standard InChI is InChI=1S/C16H26N2S/c1-3-7-17-11-15-5-4-6-16(10-15)13-18-8-9-19-14(2)12-18/h4-6,10,14,17H,3,7-9,11-13H2,1-2H3. The van der Waals surface area contributed by atoms with Crippen LogP contribution in [0.5, 0.6) is 0 Å². The van der Waals surface area contributed by atoms with Crippen molar-refractivity contribution < 1.29 is 0 Å². The minimum atomic E-state index is 0.781. The molecule has 1 unspecified atom stereocenters. The molecular weight excluding hydrogens is 252 g/mol. The van der Waals surface area contributed by atoms with Crippen LogP contribution in [0.1, 0.15) is 31.4 Å². The zero-order valence-electron chi connectivity index (χ0n) is 12.2. The lowest BCUT2D eigenvalue weighted by molar-refractivity contribution is 0.278. The van der Waals surface area contributed by atoms with Crippen LogP contribution in [0.15, 0.2) is 24.3 Å². The van der Waals surface area contributed by atoms with Crippen molar-refractivity contribution in [2.45, 2.75) is 38.6 Å². The van der Waals surface area contributed by atoms with E-state index >= 15 is 0 Å². The van der Waals surface area contributed by atoms with E-state index in [1.54, 1.807) is 0 Å². The predicted molar refractivity (Wildman–Crippen MR) is 85.6 cm³/mol. The second-order valence-corrected chi connectivity index (χ2v) is 6.96. The molecule has 3 heteroatoms. The largest absolute Gasteiger partial charge is 0.313 e. The van der Waals surface area contributed by atoms with Gasteiger partial charge in [-0.05, 0) is 24.1 Å². The SMILES string of the molecule is CCCNCc1cccc(CN2CCSC(C)C2)c1. The van der Waals surface area contributed by atoms with Crippen molar-refractivity contribution in [1.29, 1.82) is 0 Å². The maximum absolute atomic E-state index is 3.47. The van der Waals surface area contributed by atoms with Crippen LogP contribution >= 0.6 is 11.8 Å². The third kappa shape index (κ3) is 5.17. The van der Waals surface area contributed by atoms with Gasteiger partial charge in [-0.3, -0.25) is 4.90 Å². The Labute approximate surface area is 122 Å². The second kappa shape index (κ2) is 7.93. The molecule has 0 aliphatic carbocycles. The van der Waals surface area contributed by atoms with Gasteiger partial charge in [-0.25, -0.2) is 0 Å². The summed E-state index contributed by atoms with van der Waals surface area (Å²) in [7, 11) is 0. The Morgan fingerprint density at radius 3 is 3.00 bits per heavy atom. The van der Waals surface area contributed by atoms with Gasteiger partial charge >= 0.3 is 0 Å². The van der Waals surface area contributed by atoms with Crippen molar-refractivity contribution in [3.05, 3.63) is 35.4 Å². The van der Waals surface area contributed by atoms with Crippen molar-refractivity contribution in [2.75, 3.05) is 25.4 Å². The Morgan fingerprint density at radius 2 is 2.21 bits per heavy atom. The molecule has 1 heterocycles. The normalized spacial score (nSPS) is 20.6. The van der Waals surface area contributed by atoms with Gasteiger partial charge in [0.05, 0.1) is 0 Å². The summed E-state index contributed by atoms with van der Waals surface area (Å²) in [5.41, 5.74) is 2.86. The molecule has 0 amide bonds.